The number of hydrogen-bond acceptors (Lipinski definition) is 2. The minimum Gasteiger partial charge on any atom is -0.354 e. The first kappa shape index (κ1) is 13.5. The van der Waals surface area contributed by atoms with Crippen LogP contribution in [-0.2, 0) is 4.79 Å². The molecule has 0 aromatic rings. The Morgan fingerprint density at radius 3 is 2.50 bits per heavy atom. The summed E-state index contributed by atoms with van der Waals surface area (Å²) >= 11 is 0. The van der Waals surface area contributed by atoms with E-state index in [2.05, 4.69) is 24.5 Å². The molecule has 3 nitrogen and oxygen atoms in total. The molecule has 0 saturated heterocycles. The molecule has 0 aliphatic heterocycles. The zero-order valence-electron chi connectivity index (χ0n) is 10.9. The van der Waals surface area contributed by atoms with E-state index in [-0.39, 0.29) is 11.3 Å². The van der Waals surface area contributed by atoms with E-state index in [1.165, 1.54) is 25.7 Å². The summed E-state index contributed by atoms with van der Waals surface area (Å²) in [6.45, 7) is 8.65. The summed E-state index contributed by atoms with van der Waals surface area (Å²) in [5, 5.41) is 6.07. The topological polar surface area (TPSA) is 41.1 Å². The third kappa shape index (κ3) is 4.12. The molecule has 0 atom stereocenters. The van der Waals surface area contributed by atoms with Crippen molar-refractivity contribution >= 4 is 5.91 Å². The zero-order chi connectivity index (χ0) is 12.0. The number of carbonyl (C=O) groups is 1. The molecule has 0 bridgehead atoms. The molecule has 2 N–H and O–H groups in total. The number of carbonyl (C=O) groups excluding carboxylic acids is 1. The SMILES string of the molecule is CCNCC(=O)NCC(C)(C)C1CCCC1. The quantitative estimate of drug-likeness (QED) is 0.726. The smallest absolute Gasteiger partial charge is 0.233 e. The Hall–Kier alpha value is -0.570. The van der Waals surface area contributed by atoms with E-state index in [0.717, 1.165) is 19.0 Å². The normalized spacial score (nSPS) is 17.7. The fourth-order valence-corrected chi connectivity index (χ4v) is 2.48. The molecule has 0 unspecified atom stereocenters. The monoisotopic (exact) mass is 226 g/mol. The molecule has 1 fully saturated rings. The molecule has 0 spiro atoms. The lowest BCUT2D eigenvalue weighted by Crippen LogP contribution is -2.41. The van der Waals surface area contributed by atoms with E-state index < -0.39 is 0 Å². The zero-order valence-corrected chi connectivity index (χ0v) is 10.9. The van der Waals surface area contributed by atoms with Gasteiger partial charge in [-0.3, -0.25) is 4.79 Å². The van der Waals surface area contributed by atoms with Crippen molar-refractivity contribution in [3.63, 3.8) is 0 Å². The van der Waals surface area contributed by atoms with E-state index >= 15 is 0 Å². The molecule has 1 rings (SSSR count). The number of likely N-dealkylation sites (N-methyl/N-ethyl adjacent to an activating group) is 1. The second-order valence-electron chi connectivity index (χ2n) is 5.53. The Morgan fingerprint density at radius 1 is 1.31 bits per heavy atom. The van der Waals surface area contributed by atoms with Crippen LogP contribution in [0.5, 0.6) is 0 Å². The largest absolute Gasteiger partial charge is 0.354 e. The highest BCUT2D eigenvalue weighted by Gasteiger charge is 2.31. The van der Waals surface area contributed by atoms with Crippen molar-refractivity contribution < 1.29 is 4.79 Å². The van der Waals surface area contributed by atoms with Crippen molar-refractivity contribution in [1.29, 1.82) is 0 Å². The summed E-state index contributed by atoms with van der Waals surface area (Å²) in [4.78, 5) is 11.5. The third-order valence-corrected chi connectivity index (χ3v) is 3.74. The minimum absolute atomic E-state index is 0.118. The van der Waals surface area contributed by atoms with Crippen molar-refractivity contribution in [3.05, 3.63) is 0 Å². The first-order chi connectivity index (χ1) is 7.56. The Kier molecular flexibility index (Phi) is 5.26. The molecule has 1 saturated carbocycles. The lowest BCUT2D eigenvalue weighted by Gasteiger charge is -2.31. The van der Waals surface area contributed by atoms with Gasteiger partial charge in [0.25, 0.3) is 0 Å². The Balaban J connectivity index is 2.26. The maximum Gasteiger partial charge on any atom is 0.233 e. The van der Waals surface area contributed by atoms with Crippen LogP contribution in [-0.4, -0.2) is 25.5 Å². The van der Waals surface area contributed by atoms with Crippen molar-refractivity contribution in [2.75, 3.05) is 19.6 Å². The molecule has 0 radical (unpaired) electrons. The molecule has 3 heteroatoms. The standard InChI is InChI=1S/C13H26N2O/c1-4-14-9-12(16)15-10-13(2,3)11-7-5-6-8-11/h11,14H,4-10H2,1-3H3,(H,15,16). The van der Waals surface area contributed by atoms with E-state index in [0.29, 0.717) is 6.54 Å². The summed E-state index contributed by atoms with van der Waals surface area (Å²) in [6.07, 6.45) is 5.38. The second-order valence-corrected chi connectivity index (χ2v) is 5.53. The molecule has 0 aromatic heterocycles. The molecule has 16 heavy (non-hydrogen) atoms. The first-order valence-electron chi connectivity index (χ1n) is 6.53. The van der Waals surface area contributed by atoms with Gasteiger partial charge < -0.3 is 10.6 Å². The van der Waals surface area contributed by atoms with Gasteiger partial charge in [0.15, 0.2) is 0 Å². The molecule has 0 heterocycles. The van der Waals surface area contributed by atoms with Gasteiger partial charge in [0.1, 0.15) is 0 Å². The van der Waals surface area contributed by atoms with Gasteiger partial charge in [0, 0.05) is 6.54 Å². The van der Waals surface area contributed by atoms with Gasteiger partial charge in [-0.25, -0.2) is 0 Å². The van der Waals surface area contributed by atoms with Crippen LogP contribution in [0.4, 0.5) is 0 Å². The van der Waals surface area contributed by atoms with E-state index in [4.69, 9.17) is 0 Å². The predicted molar refractivity (Wildman–Crippen MR) is 67.3 cm³/mol. The summed E-state index contributed by atoms with van der Waals surface area (Å²) in [5.41, 5.74) is 0.248. The van der Waals surface area contributed by atoms with Crippen molar-refractivity contribution in [1.82, 2.24) is 10.6 Å². The van der Waals surface area contributed by atoms with E-state index in [1.54, 1.807) is 0 Å². The summed E-state index contributed by atoms with van der Waals surface area (Å²) in [5.74, 6) is 0.903. The van der Waals surface area contributed by atoms with Gasteiger partial charge in [-0.05, 0) is 30.7 Å². The van der Waals surface area contributed by atoms with Crippen molar-refractivity contribution in [3.8, 4) is 0 Å². The van der Waals surface area contributed by atoms with Gasteiger partial charge in [0.2, 0.25) is 5.91 Å². The van der Waals surface area contributed by atoms with Gasteiger partial charge in [-0.15, -0.1) is 0 Å². The lowest BCUT2D eigenvalue weighted by atomic mass is 9.78. The van der Waals surface area contributed by atoms with Gasteiger partial charge in [-0.1, -0.05) is 33.6 Å². The maximum absolute atomic E-state index is 11.5. The van der Waals surface area contributed by atoms with Crippen LogP contribution in [0.1, 0.15) is 46.5 Å². The van der Waals surface area contributed by atoms with Crippen LogP contribution in [0.25, 0.3) is 0 Å². The second kappa shape index (κ2) is 6.24. The van der Waals surface area contributed by atoms with Crippen LogP contribution < -0.4 is 10.6 Å². The Morgan fingerprint density at radius 2 is 1.94 bits per heavy atom. The van der Waals surface area contributed by atoms with Crippen molar-refractivity contribution in [2.45, 2.75) is 46.5 Å². The van der Waals surface area contributed by atoms with Crippen molar-refractivity contribution in [2.24, 2.45) is 11.3 Å². The van der Waals surface area contributed by atoms with Crippen LogP contribution in [0, 0.1) is 11.3 Å². The predicted octanol–water partition coefficient (Wildman–Crippen LogP) is 1.93. The van der Waals surface area contributed by atoms with E-state index in [9.17, 15) is 4.79 Å². The van der Waals surface area contributed by atoms with Crippen LogP contribution in [0.15, 0.2) is 0 Å². The Bertz CT molecular complexity index is 220. The summed E-state index contributed by atoms with van der Waals surface area (Å²) < 4.78 is 0. The average molecular weight is 226 g/mol. The van der Waals surface area contributed by atoms with Crippen LogP contribution in [0.3, 0.4) is 0 Å². The summed E-state index contributed by atoms with van der Waals surface area (Å²) in [6, 6.07) is 0. The number of amides is 1. The molecular weight excluding hydrogens is 200 g/mol. The summed E-state index contributed by atoms with van der Waals surface area (Å²) in [7, 11) is 0. The highest BCUT2D eigenvalue weighted by Crippen LogP contribution is 2.38. The minimum atomic E-state index is 0.118. The first-order valence-corrected chi connectivity index (χ1v) is 6.53. The fraction of sp³-hybridized carbons (Fsp3) is 0.923. The molecular formula is C13H26N2O. The third-order valence-electron chi connectivity index (χ3n) is 3.74. The number of nitrogens with one attached hydrogen (secondary N) is 2. The molecule has 1 aliphatic rings. The number of rotatable bonds is 6. The highest BCUT2D eigenvalue weighted by atomic mass is 16.1. The maximum atomic E-state index is 11.5. The molecule has 1 aliphatic carbocycles. The molecule has 94 valence electrons. The van der Waals surface area contributed by atoms with Gasteiger partial charge in [0.05, 0.1) is 6.54 Å². The molecule has 0 aromatic carbocycles. The van der Waals surface area contributed by atoms with Crippen LogP contribution >= 0.6 is 0 Å². The lowest BCUT2D eigenvalue weighted by molar-refractivity contribution is -0.120. The van der Waals surface area contributed by atoms with Gasteiger partial charge in [-0.2, -0.15) is 0 Å². The average Bonchev–Trinajstić information content (AvgIpc) is 2.77. The Labute approximate surface area is 99.4 Å². The fourth-order valence-electron chi connectivity index (χ4n) is 2.48. The van der Waals surface area contributed by atoms with E-state index in [1.807, 2.05) is 6.92 Å². The number of hydrogen-bond donors (Lipinski definition) is 2. The molecule has 1 amide bonds. The highest BCUT2D eigenvalue weighted by molar-refractivity contribution is 5.77. The van der Waals surface area contributed by atoms with Crippen LogP contribution in [0.2, 0.25) is 0 Å². The van der Waals surface area contributed by atoms with Gasteiger partial charge >= 0.3 is 0 Å².